The van der Waals surface area contributed by atoms with E-state index in [0.29, 0.717) is 34.6 Å². The molecule has 0 atom stereocenters. The number of amides is 2. The monoisotopic (exact) mass is 662 g/mol. The van der Waals surface area contributed by atoms with E-state index < -0.39 is 5.91 Å². The fraction of sp³-hybridized carbons (Fsp3) is 0.138. The van der Waals surface area contributed by atoms with Gasteiger partial charge in [-0.05, 0) is 34.9 Å². The standard InChI is InChI=1S/C28H30FN8O2.CH3NO.Y/c1-32-18-36-37-28(39)26(17-34-14-19-2-8-24(29)9-3-19)21-6-4-20(5-7-21)25-12-22(16-35-27(25)31)23(13-30)15-33-10-11-38;2-1-3;/h2-9,12-13,15-18,38H,10-11,14H2,1H3,(H6-,30,31,32,33,34,35,36,37,39);1H,(H2,2,3);/q-1;;/p-1. The van der Waals surface area contributed by atoms with Crippen molar-refractivity contribution in [2.24, 2.45) is 21.6 Å². The SMILES string of the molecule is C[N-]/C=N\[N-]C(=O)/C(=C\NCc1ccc(F)cc1)c1ccc(-c2cc(/C(C=NCCO)=C/N)cnc2N)cc1.NC=O.[Y]. The average Bonchev–Trinajstić information content (AvgIpc) is 3.00. The molecule has 0 aliphatic rings. The van der Waals surface area contributed by atoms with Gasteiger partial charge in [-0.1, -0.05) is 43.4 Å². The molecule has 12 nitrogen and oxygen atoms in total. The van der Waals surface area contributed by atoms with Crippen LogP contribution in [0.25, 0.3) is 33.0 Å². The van der Waals surface area contributed by atoms with Crippen LogP contribution in [-0.2, 0) is 48.8 Å². The normalized spacial score (nSPS) is 11.3. The second-order valence-corrected chi connectivity index (χ2v) is 8.21. The summed E-state index contributed by atoms with van der Waals surface area (Å²) in [6, 6.07) is 15.0. The fourth-order valence-corrected chi connectivity index (χ4v) is 3.45. The number of carbonyl (C=O) groups excluding carboxylic acids is 2. The molecule has 1 heterocycles. The number of aliphatic hydroxyl groups is 1. The van der Waals surface area contributed by atoms with E-state index in [4.69, 9.17) is 21.4 Å². The van der Waals surface area contributed by atoms with Crippen molar-refractivity contribution in [1.29, 1.82) is 0 Å². The first-order valence-corrected chi connectivity index (χ1v) is 12.5. The molecule has 1 aromatic heterocycles. The number of pyridine rings is 1. The molecular weight excluding hydrogens is 630 g/mol. The maximum Gasteiger partial charge on any atom is 0.204 e. The molecule has 1 radical (unpaired) electrons. The number of aliphatic hydroxyl groups excluding tert-OH is 1. The first kappa shape index (κ1) is 36.6. The molecule has 8 N–H and O–H groups in total. The zero-order valence-electron chi connectivity index (χ0n) is 23.5. The molecule has 0 aliphatic heterocycles. The number of nitrogens with one attached hydrogen (secondary N) is 1. The van der Waals surface area contributed by atoms with E-state index in [-0.39, 0.29) is 63.7 Å². The van der Waals surface area contributed by atoms with Crippen LogP contribution in [0, 0.1) is 5.82 Å². The molecule has 3 rings (SSSR count). The van der Waals surface area contributed by atoms with Crippen molar-refractivity contribution in [1.82, 2.24) is 10.3 Å². The van der Waals surface area contributed by atoms with Crippen molar-refractivity contribution >= 4 is 41.8 Å². The Morgan fingerprint density at radius 3 is 2.40 bits per heavy atom. The number of carbonyl (C=O) groups is 2. The van der Waals surface area contributed by atoms with Gasteiger partial charge in [-0.3, -0.25) is 9.79 Å². The van der Waals surface area contributed by atoms with Crippen LogP contribution in [0.5, 0.6) is 0 Å². The summed E-state index contributed by atoms with van der Waals surface area (Å²) in [5.41, 5.74) is 24.2. The predicted octanol–water partition coefficient (Wildman–Crippen LogP) is 2.91. The molecule has 0 fully saturated rings. The topological polar surface area (TPSA) is 210 Å². The molecule has 14 heteroatoms. The molecule has 0 bridgehead atoms. The molecule has 2 aromatic carbocycles. The van der Waals surface area contributed by atoms with Crippen molar-refractivity contribution in [2.45, 2.75) is 6.54 Å². The summed E-state index contributed by atoms with van der Waals surface area (Å²) in [6.45, 7) is 0.558. The number of nitrogen functional groups attached to an aromatic ring is 1. The summed E-state index contributed by atoms with van der Waals surface area (Å²) >= 11 is 0. The van der Waals surface area contributed by atoms with Crippen LogP contribution >= 0.6 is 0 Å². The summed E-state index contributed by atoms with van der Waals surface area (Å²) in [5, 5.41) is 19.4. The van der Waals surface area contributed by atoms with E-state index in [1.807, 2.05) is 18.2 Å². The fourth-order valence-electron chi connectivity index (χ4n) is 3.45. The van der Waals surface area contributed by atoms with Crippen molar-refractivity contribution < 1.29 is 51.8 Å². The maximum absolute atomic E-state index is 13.2. The van der Waals surface area contributed by atoms with E-state index in [0.717, 1.165) is 11.1 Å². The third-order valence-corrected chi connectivity index (χ3v) is 5.41. The molecule has 0 saturated carbocycles. The van der Waals surface area contributed by atoms with Gasteiger partial charge in [0.2, 0.25) is 6.41 Å². The zero-order chi connectivity index (χ0) is 30.7. The Kier molecular flexibility index (Phi) is 17.4. The Morgan fingerprint density at radius 2 is 1.79 bits per heavy atom. The number of primary amides is 1. The van der Waals surface area contributed by atoms with E-state index in [2.05, 4.69) is 36.9 Å². The number of allylic oxidation sites excluding steroid dienone is 1. The van der Waals surface area contributed by atoms with E-state index in [1.54, 1.807) is 42.9 Å². The molecule has 43 heavy (non-hydrogen) atoms. The minimum Gasteiger partial charge on any atom is -0.656 e. The third-order valence-electron chi connectivity index (χ3n) is 5.41. The molecule has 3 aromatic rings. The number of aliphatic imine (C=N–C) groups is 1. The van der Waals surface area contributed by atoms with Gasteiger partial charge >= 0.3 is 0 Å². The van der Waals surface area contributed by atoms with Crippen molar-refractivity contribution in [3.05, 3.63) is 106 Å². The van der Waals surface area contributed by atoms with E-state index >= 15 is 0 Å². The van der Waals surface area contributed by atoms with Crippen LogP contribution in [0.4, 0.5) is 10.2 Å². The van der Waals surface area contributed by atoms with E-state index in [1.165, 1.54) is 31.7 Å². The van der Waals surface area contributed by atoms with Crippen LogP contribution in [0.3, 0.4) is 0 Å². The number of benzene rings is 2. The third kappa shape index (κ3) is 12.1. The Balaban J connectivity index is 0.00000221. The first-order chi connectivity index (χ1) is 20.4. The first-order valence-electron chi connectivity index (χ1n) is 12.5. The zero-order valence-corrected chi connectivity index (χ0v) is 26.3. The van der Waals surface area contributed by atoms with Gasteiger partial charge in [0.1, 0.15) is 11.6 Å². The van der Waals surface area contributed by atoms with Crippen LogP contribution in [-0.4, -0.2) is 55.2 Å². The van der Waals surface area contributed by atoms with Crippen LogP contribution in [0.15, 0.2) is 83.3 Å². The second-order valence-electron chi connectivity index (χ2n) is 8.21. The predicted molar refractivity (Wildman–Crippen MR) is 164 cm³/mol. The molecular formula is C29H32FN9O3Y-2. The summed E-state index contributed by atoms with van der Waals surface area (Å²) in [6.07, 6.45) is 7.53. The minimum absolute atomic E-state index is 0. The molecule has 0 spiro atoms. The summed E-state index contributed by atoms with van der Waals surface area (Å²) in [5.74, 6) is -0.581. The Labute approximate surface area is 274 Å². The van der Waals surface area contributed by atoms with Gasteiger partial charge in [0, 0.05) is 86.3 Å². The minimum atomic E-state index is -0.572. The van der Waals surface area contributed by atoms with Gasteiger partial charge in [0.05, 0.1) is 19.1 Å². The number of rotatable bonds is 12. The Hall–Kier alpha value is -4.46. The van der Waals surface area contributed by atoms with Gasteiger partial charge in [-0.25, -0.2) is 9.37 Å². The van der Waals surface area contributed by atoms with Crippen molar-refractivity contribution in [3.63, 3.8) is 0 Å². The maximum atomic E-state index is 13.2. The summed E-state index contributed by atoms with van der Waals surface area (Å²) < 4.78 is 13.2. The van der Waals surface area contributed by atoms with E-state index in [9.17, 15) is 9.18 Å². The Bertz CT molecular complexity index is 1430. The number of anilines is 1. The van der Waals surface area contributed by atoms with Crippen LogP contribution in [0.2, 0.25) is 0 Å². The molecule has 0 aliphatic carbocycles. The number of hydrogen-bond acceptors (Lipinski definition) is 9. The largest absolute Gasteiger partial charge is 0.656 e. The number of aromatic nitrogens is 1. The van der Waals surface area contributed by atoms with Gasteiger partial charge in [-0.2, -0.15) is 0 Å². The van der Waals surface area contributed by atoms with Crippen LogP contribution in [0.1, 0.15) is 16.7 Å². The molecule has 0 unspecified atom stereocenters. The number of hydrogen-bond donors (Lipinski definition) is 5. The summed E-state index contributed by atoms with van der Waals surface area (Å²) in [7, 11) is 1.52. The molecule has 223 valence electrons. The number of nitrogens with zero attached hydrogens (tertiary/aromatic N) is 5. The van der Waals surface area contributed by atoms with Gasteiger partial charge in [0.15, 0.2) is 0 Å². The van der Waals surface area contributed by atoms with Gasteiger partial charge < -0.3 is 48.3 Å². The molecule has 0 saturated heterocycles. The quantitative estimate of drug-likeness (QED) is 0.0643. The van der Waals surface area contributed by atoms with Crippen molar-refractivity contribution in [3.8, 4) is 11.1 Å². The summed E-state index contributed by atoms with van der Waals surface area (Å²) in [4.78, 5) is 29.8. The van der Waals surface area contributed by atoms with Gasteiger partial charge in [-0.15, -0.1) is 6.34 Å². The smallest absolute Gasteiger partial charge is 0.204 e. The van der Waals surface area contributed by atoms with Crippen molar-refractivity contribution in [2.75, 3.05) is 25.9 Å². The Morgan fingerprint density at radius 1 is 1.12 bits per heavy atom. The number of nitrogens with two attached hydrogens (primary N) is 3. The van der Waals surface area contributed by atoms with Gasteiger partial charge in [0.25, 0.3) is 0 Å². The molecule has 2 amide bonds. The number of halogens is 1. The van der Waals surface area contributed by atoms with Crippen LogP contribution < -0.4 is 22.5 Å². The second kappa shape index (κ2) is 20.4. The average molecular weight is 663 g/mol.